The van der Waals surface area contributed by atoms with Crippen molar-refractivity contribution in [1.29, 1.82) is 0 Å². The summed E-state index contributed by atoms with van der Waals surface area (Å²) in [5.74, 6) is 0.0276. The van der Waals surface area contributed by atoms with Crippen molar-refractivity contribution < 1.29 is 19.1 Å². The Labute approximate surface area is 166 Å². The average Bonchev–Trinajstić information content (AvgIpc) is 2.71. The molecule has 1 aliphatic rings. The van der Waals surface area contributed by atoms with E-state index in [1.54, 1.807) is 26.4 Å². The van der Waals surface area contributed by atoms with Gasteiger partial charge in [0.05, 0.1) is 13.7 Å². The number of rotatable bonds is 9. The molecular weight excluding hydrogens is 368 g/mol. The lowest BCUT2D eigenvalue weighted by Gasteiger charge is -2.33. The van der Waals surface area contributed by atoms with E-state index in [2.05, 4.69) is 5.32 Å². The second kappa shape index (κ2) is 11.1. The minimum absolute atomic E-state index is 0.155. The summed E-state index contributed by atoms with van der Waals surface area (Å²) in [6.07, 6.45) is 5.39. The maximum atomic E-state index is 13.2. The van der Waals surface area contributed by atoms with Crippen molar-refractivity contribution in [3.05, 3.63) is 29.8 Å². The minimum atomic E-state index is -0.751. The summed E-state index contributed by atoms with van der Waals surface area (Å²) in [5.41, 5.74) is 0.721. The lowest BCUT2D eigenvalue weighted by Crippen LogP contribution is -2.48. The zero-order valence-electron chi connectivity index (χ0n) is 16.1. The molecule has 0 saturated heterocycles. The van der Waals surface area contributed by atoms with Crippen LogP contribution in [0.25, 0.3) is 0 Å². The highest BCUT2D eigenvalue weighted by molar-refractivity contribution is 6.27. The fourth-order valence-corrected chi connectivity index (χ4v) is 3.60. The van der Waals surface area contributed by atoms with Gasteiger partial charge in [-0.15, -0.1) is 11.6 Å². The summed E-state index contributed by atoms with van der Waals surface area (Å²) >= 11 is 5.82. The summed E-state index contributed by atoms with van der Waals surface area (Å²) in [7, 11) is 3.15. The SMILES string of the molecule is COCCN(C(=O)CCl)C(C(=O)NC1CCCCC1)c1ccc(OC)cc1. The lowest BCUT2D eigenvalue weighted by molar-refractivity contribution is -0.140. The molecule has 1 N–H and O–H groups in total. The van der Waals surface area contributed by atoms with Gasteiger partial charge in [0.1, 0.15) is 17.7 Å². The summed E-state index contributed by atoms with van der Waals surface area (Å²) in [5, 5.41) is 3.13. The molecule has 2 amide bonds. The topological polar surface area (TPSA) is 67.9 Å². The van der Waals surface area contributed by atoms with Gasteiger partial charge in [0, 0.05) is 19.7 Å². The first-order valence-corrected chi connectivity index (χ1v) is 9.92. The van der Waals surface area contributed by atoms with Crippen molar-refractivity contribution in [3.63, 3.8) is 0 Å². The Balaban J connectivity index is 2.28. The number of amides is 2. The van der Waals surface area contributed by atoms with Crippen LogP contribution in [0.4, 0.5) is 0 Å². The van der Waals surface area contributed by atoms with E-state index in [9.17, 15) is 9.59 Å². The maximum absolute atomic E-state index is 13.2. The Morgan fingerprint density at radius 1 is 1.19 bits per heavy atom. The van der Waals surface area contributed by atoms with Crippen LogP contribution in [0.15, 0.2) is 24.3 Å². The number of nitrogens with one attached hydrogen (secondary N) is 1. The third-order valence-electron chi connectivity index (χ3n) is 4.91. The van der Waals surface area contributed by atoms with Crippen molar-refractivity contribution in [2.45, 2.75) is 44.2 Å². The van der Waals surface area contributed by atoms with Crippen LogP contribution in [0, 0.1) is 0 Å². The number of hydrogen-bond acceptors (Lipinski definition) is 4. The minimum Gasteiger partial charge on any atom is -0.497 e. The Morgan fingerprint density at radius 2 is 1.85 bits per heavy atom. The molecule has 1 unspecified atom stereocenters. The molecule has 0 spiro atoms. The van der Waals surface area contributed by atoms with Gasteiger partial charge in [-0.05, 0) is 30.5 Å². The second-order valence-corrected chi connectivity index (χ2v) is 7.00. The smallest absolute Gasteiger partial charge is 0.247 e. The Morgan fingerprint density at radius 3 is 2.41 bits per heavy atom. The van der Waals surface area contributed by atoms with E-state index in [0.717, 1.165) is 31.2 Å². The first kappa shape index (κ1) is 21.5. The maximum Gasteiger partial charge on any atom is 0.247 e. The van der Waals surface area contributed by atoms with Gasteiger partial charge < -0.3 is 19.7 Å². The monoisotopic (exact) mass is 396 g/mol. The molecule has 1 aromatic rings. The number of ether oxygens (including phenoxy) is 2. The zero-order valence-corrected chi connectivity index (χ0v) is 16.8. The molecule has 1 fully saturated rings. The van der Waals surface area contributed by atoms with E-state index in [0.29, 0.717) is 12.4 Å². The molecular formula is C20H29ClN2O4. The van der Waals surface area contributed by atoms with Gasteiger partial charge in [-0.1, -0.05) is 31.4 Å². The first-order chi connectivity index (χ1) is 13.1. The van der Waals surface area contributed by atoms with Crippen molar-refractivity contribution in [3.8, 4) is 5.75 Å². The Hall–Kier alpha value is -1.79. The number of methoxy groups -OCH3 is 2. The van der Waals surface area contributed by atoms with Gasteiger partial charge in [-0.2, -0.15) is 0 Å². The highest BCUT2D eigenvalue weighted by atomic mass is 35.5. The van der Waals surface area contributed by atoms with E-state index in [-0.39, 0.29) is 30.3 Å². The molecule has 7 heteroatoms. The van der Waals surface area contributed by atoms with Crippen molar-refractivity contribution in [2.75, 3.05) is 33.3 Å². The van der Waals surface area contributed by atoms with Gasteiger partial charge in [0.15, 0.2) is 0 Å². The molecule has 1 atom stereocenters. The van der Waals surface area contributed by atoms with Crippen molar-refractivity contribution in [1.82, 2.24) is 10.2 Å². The number of benzene rings is 1. The van der Waals surface area contributed by atoms with Crippen LogP contribution in [0.5, 0.6) is 5.75 Å². The summed E-state index contributed by atoms with van der Waals surface area (Å²) < 4.78 is 10.3. The number of nitrogens with zero attached hydrogens (tertiary/aromatic N) is 1. The molecule has 150 valence electrons. The highest BCUT2D eigenvalue weighted by Gasteiger charge is 2.32. The normalized spacial score (nSPS) is 15.8. The van der Waals surface area contributed by atoms with Crippen LogP contribution in [-0.4, -0.2) is 56.0 Å². The van der Waals surface area contributed by atoms with Crippen molar-refractivity contribution in [2.24, 2.45) is 0 Å². The summed E-state index contributed by atoms with van der Waals surface area (Å²) in [6, 6.07) is 6.60. The fraction of sp³-hybridized carbons (Fsp3) is 0.600. The first-order valence-electron chi connectivity index (χ1n) is 9.39. The van der Waals surface area contributed by atoms with Gasteiger partial charge in [-0.3, -0.25) is 9.59 Å². The number of hydrogen-bond donors (Lipinski definition) is 1. The molecule has 0 aliphatic heterocycles. The molecule has 0 radical (unpaired) electrons. The summed E-state index contributed by atoms with van der Waals surface area (Å²) in [4.78, 5) is 27.2. The predicted molar refractivity (Wildman–Crippen MR) is 105 cm³/mol. The van der Waals surface area contributed by atoms with Gasteiger partial charge in [-0.25, -0.2) is 0 Å². The largest absolute Gasteiger partial charge is 0.497 e. The van der Waals surface area contributed by atoms with E-state index in [4.69, 9.17) is 21.1 Å². The Kier molecular flexibility index (Phi) is 8.88. The summed E-state index contributed by atoms with van der Waals surface area (Å²) in [6.45, 7) is 0.614. The van der Waals surface area contributed by atoms with E-state index in [1.165, 1.54) is 11.3 Å². The van der Waals surface area contributed by atoms with Crippen LogP contribution >= 0.6 is 11.6 Å². The number of alkyl halides is 1. The third-order valence-corrected chi connectivity index (χ3v) is 5.14. The third kappa shape index (κ3) is 6.11. The molecule has 0 aromatic heterocycles. The second-order valence-electron chi connectivity index (χ2n) is 6.73. The average molecular weight is 397 g/mol. The predicted octanol–water partition coefficient (Wildman–Crippen LogP) is 2.90. The number of carbonyl (C=O) groups excluding carboxylic acids is 2. The number of carbonyl (C=O) groups is 2. The van der Waals surface area contributed by atoms with Gasteiger partial charge in [0.25, 0.3) is 0 Å². The molecule has 6 nitrogen and oxygen atoms in total. The molecule has 0 bridgehead atoms. The fourth-order valence-electron chi connectivity index (χ4n) is 3.45. The van der Waals surface area contributed by atoms with Crippen LogP contribution in [0.1, 0.15) is 43.7 Å². The van der Waals surface area contributed by atoms with E-state index >= 15 is 0 Å². The van der Waals surface area contributed by atoms with E-state index < -0.39 is 6.04 Å². The molecule has 0 heterocycles. The quantitative estimate of drug-likeness (QED) is 0.652. The molecule has 1 aliphatic carbocycles. The molecule has 27 heavy (non-hydrogen) atoms. The van der Waals surface area contributed by atoms with Gasteiger partial charge in [0.2, 0.25) is 11.8 Å². The zero-order chi connectivity index (χ0) is 19.6. The standard InChI is InChI=1S/C20H29ClN2O4/c1-26-13-12-23(18(24)14-21)19(15-8-10-17(27-2)11-9-15)20(25)22-16-6-4-3-5-7-16/h8-11,16,19H,3-7,12-14H2,1-2H3,(H,22,25). The van der Waals surface area contributed by atoms with Crippen LogP contribution in [0.2, 0.25) is 0 Å². The van der Waals surface area contributed by atoms with Crippen LogP contribution in [-0.2, 0) is 14.3 Å². The van der Waals surface area contributed by atoms with E-state index in [1.807, 2.05) is 12.1 Å². The van der Waals surface area contributed by atoms with Crippen molar-refractivity contribution >= 4 is 23.4 Å². The highest BCUT2D eigenvalue weighted by Crippen LogP contribution is 2.26. The molecule has 1 aromatic carbocycles. The number of halogens is 1. The molecule has 2 rings (SSSR count). The van der Waals surface area contributed by atoms with Crippen LogP contribution < -0.4 is 10.1 Å². The lowest BCUT2D eigenvalue weighted by atomic mass is 9.94. The Bertz CT molecular complexity index is 603. The van der Waals surface area contributed by atoms with Gasteiger partial charge >= 0.3 is 0 Å². The molecule has 1 saturated carbocycles. The van der Waals surface area contributed by atoms with Crippen LogP contribution in [0.3, 0.4) is 0 Å².